The number of pyridine rings is 1. The zero-order valence-corrected chi connectivity index (χ0v) is 22.9. The van der Waals surface area contributed by atoms with E-state index in [1.165, 1.54) is 12.4 Å². The minimum atomic E-state index is -4.52. The van der Waals surface area contributed by atoms with Gasteiger partial charge in [0.15, 0.2) is 17.2 Å². The summed E-state index contributed by atoms with van der Waals surface area (Å²) >= 11 is 6.68. The average Bonchev–Trinajstić information content (AvgIpc) is 3.28. The fourth-order valence-corrected chi connectivity index (χ4v) is 4.67. The summed E-state index contributed by atoms with van der Waals surface area (Å²) in [7, 11) is 3.38. The third-order valence-corrected chi connectivity index (χ3v) is 6.83. The topological polar surface area (TPSA) is 125 Å². The number of nitrogens with one attached hydrogen (secondary N) is 4. The summed E-state index contributed by atoms with van der Waals surface area (Å²) in [6, 6.07) is 3.87. The van der Waals surface area contributed by atoms with Gasteiger partial charge in [-0.25, -0.2) is 9.98 Å². The van der Waals surface area contributed by atoms with Gasteiger partial charge in [-0.3, -0.25) is 4.90 Å². The maximum atomic E-state index is 13.8. The first-order valence-corrected chi connectivity index (χ1v) is 12.9. The van der Waals surface area contributed by atoms with E-state index in [0.29, 0.717) is 55.4 Å². The van der Waals surface area contributed by atoms with Crippen molar-refractivity contribution in [3.05, 3.63) is 64.0 Å². The maximum Gasteiger partial charge on any atom is 0.416 e. The Balaban J connectivity index is 1.44. The molecule has 0 spiro atoms. The monoisotopic (exact) mass is 589 g/mol. The van der Waals surface area contributed by atoms with E-state index >= 15 is 0 Å². The Morgan fingerprint density at radius 3 is 2.71 bits per heavy atom. The molecule has 0 unspecified atom stereocenters. The van der Waals surface area contributed by atoms with Gasteiger partial charge in [-0.05, 0) is 23.8 Å². The number of rotatable bonds is 8. The number of alkyl halides is 3. The zero-order valence-electron chi connectivity index (χ0n) is 22.1. The molecule has 1 aromatic carbocycles. The molecule has 2 aliphatic rings. The number of allylic oxidation sites excluding steroid dienone is 2. The fraction of sp³-hybridized carbons (Fsp3) is 0.308. The summed E-state index contributed by atoms with van der Waals surface area (Å²) in [5.41, 5.74) is 1.06. The van der Waals surface area contributed by atoms with Crippen molar-refractivity contribution in [3.8, 4) is 5.75 Å². The number of halogens is 4. The molecule has 216 valence electrons. The van der Waals surface area contributed by atoms with Crippen LogP contribution >= 0.6 is 11.6 Å². The summed E-state index contributed by atoms with van der Waals surface area (Å²) in [5.74, 6) is 1.13. The molecule has 0 bridgehead atoms. The Morgan fingerprint density at radius 2 is 2.05 bits per heavy atom. The second-order valence-electron chi connectivity index (χ2n) is 9.24. The fourth-order valence-electron chi connectivity index (χ4n) is 4.37. The van der Waals surface area contributed by atoms with E-state index in [0.717, 1.165) is 18.3 Å². The number of aliphatic imine (C=N–C) groups is 1. The predicted octanol–water partition coefficient (Wildman–Crippen LogP) is 4.15. The molecule has 0 amide bonds. The summed E-state index contributed by atoms with van der Waals surface area (Å²) in [5, 5.41) is 16.8. The van der Waals surface area contributed by atoms with Crippen LogP contribution in [0.4, 0.5) is 24.8 Å². The highest BCUT2D eigenvalue weighted by Gasteiger charge is 2.31. The molecule has 1 saturated heterocycles. The molecule has 0 saturated carbocycles. The van der Waals surface area contributed by atoms with Gasteiger partial charge in [0.05, 0.1) is 37.4 Å². The Bertz CT molecular complexity index is 1560. The Morgan fingerprint density at radius 1 is 1.27 bits per heavy atom. The van der Waals surface area contributed by atoms with E-state index in [1.54, 1.807) is 30.9 Å². The molecule has 41 heavy (non-hydrogen) atoms. The molecule has 15 heteroatoms. The first kappa shape index (κ1) is 28.4. The van der Waals surface area contributed by atoms with E-state index < -0.39 is 11.7 Å². The summed E-state index contributed by atoms with van der Waals surface area (Å²) in [4.78, 5) is 15.0. The number of morpholine rings is 1. The largest absolute Gasteiger partial charge is 0.450 e. The van der Waals surface area contributed by atoms with Crippen LogP contribution in [0.2, 0.25) is 5.02 Å². The maximum absolute atomic E-state index is 13.8. The van der Waals surface area contributed by atoms with Gasteiger partial charge < -0.3 is 35.4 Å². The van der Waals surface area contributed by atoms with E-state index in [2.05, 4.69) is 30.9 Å². The molecule has 5 rings (SSSR count). The van der Waals surface area contributed by atoms with Crippen molar-refractivity contribution in [2.75, 3.05) is 38.7 Å². The van der Waals surface area contributed by atoms with Crippen molar-refractivity contribution < 1.29 is 22.6 Å². The molecule has 0 radical (unpaired) electrons. The number of hydrogen-bond donors (Lipinski definition) is 4. The summed E-state index contributed by atoms with van der Waals surface area (Å²) < 4.78 is 54.1. The van der Waals surface area contributed by atoms with Gasteiger partial charge in [-0.1, -0.05) is 11.6 Å². The number of ether oxygens (including phenoxy) is 2. The highest BCUT2D eigenvalue weighted by atomic mass is 35.5. The minimum Gasteiger partial charge on any atom is -0.450 e. The van der Waals surface area contributed by atoms with Crippen LogP contribution < -0.4 is 20.7 Å². The quantitative estimate of drug-likeness (QED) is 0.228. The second kappa shape index (κ2) is 11.8. The van der Waals surface area contributed by atoms with Crippen LogP contribution in [0.3, 0.4) is 0 Å². The minimum absolute atomic E-state index is 0.139. The van der Waals surface area contributed by atoms with Crippen LogP contribution in [0.1, 0.15) is 11.1 Å². The van der Waals surface area contributed by atoms with E-state index in [1.807, 2.05) is 4.90 Å². The number of benzene rings is 1. The summed E-state index contributed by atoms with van der Waals surface area (Å²) in [6.07, 6.45) is 0.964. The lowest BCUT2D eigenvalue weighted by atomic mass is 10.1. The van der Waals surface area contributed by atoms with Crippen LogP contribution in [0.5, 0.6) is 5.75 Å². The highest BCUT2D eigenvalue weighted by Crippen LogP contribution is 2.36. The van der Waals surface area contributed by atoms with Crippen LogP contribution in [-0.2, 0) is 24.5 Å². The average molecular weight is 590 g/mol. The highest BCUT2D eigenvalue weighted by molar-refractivity contribution is 6.36. The number of anilines is 2. The molecular weight excluding hydrogens is 563 g/mol. The van der Waals surface area contributed by atoms with Crippen molar-refractivity contribution in [3.63, 3.8) is 0 Å². The van der Waals surface area contributed by atoms with Crippen LogP contribution in [-0.4, -0.2) is 65.2 Å². The molecule has 4 N–H and O–H groups in total. The van der Waals surface area contributed by atoms with Crippen molar-refractivity contribution in [1.29, 1.82) is 5.41 Å². The Labute approximate surface area is 238 Å². The van der Waals surface area contributed by atoms with Crippen molar-refractivity contribution in [1.82, 2.24) is 30.1 Å². The van der Waals surface area contributed by atoms with E-state index in [-0.39, 0.29) is 33.8 Å². The SMILES string of the molecule is CNC1=CN/C(=C(\C=N)Oc2cnc3nc(Nc4cc(CN5CCOCC5)cc(C(F)(F)F)c4)n(C)c3c2Cl)C=N1. The molecule has 1 fully saturated rings. The number of nitrogens with zero attached hydrogens (tertiary/aromatic N) is 5. The zero-order chi connectivity index (χ0) is 29.1. The number of aryl methyl sites for hydroxylation is 1. The van der Waals surface area contributed by atoms with Crippen LogP contribution in [0.15, 0.2) is 52.9 Å². The molecule has 4 heterocycles. The third-order valence-electron chi connectivity index (χ3n) is 6.46. The van der Waals surface area contributed by atoms with Gasteiger partial charge in [0, 0.05) is 45.6 Å². The van der Waals surface area contributed by atoms with E-state index in [9.17, 15) is 13.2 Å². The molecule has 0 aliphatic carbocycles. The van der Waals surface area contributed by atoms with Crippen molar-refractivity contribution >= 4 is 46.8 Å². The number of hydrogen-bond acceptors (Lipinski definition) is 10. The Hall–Kier alpha value is -4.14. The normalized spacial score (nSPS) is 17.2. The van der Waals surface area contributed by atoms with Crippen LogP contribution in [0, 0.1) is 5.41 Å². The molecular formula is C26H27ClF3N9O2. The standard InChI is InChI=1S/C26H27ClF3N9O2/c1-32-21-13-33-18(11-34-21)19(10-31)41-20-12-35-24-23(22(20)27)38(2)25(37-24)36-17-8-15(7-16(9-17)26(28,29)30)14-39-3-5-40-6-4-39/h7-13,31-33H,3-6,14H2,1-2H3,(H,35,36,37)/b19-18+,31-10?. The van der Waals surface area contributed by atoms with Crippen molar-refractivity contribution in [2.45, 2.75) is 12.7 Å². The van der Waals surface area contributed by atoms with Crippen molar-refractivity contribution in [2.24, 2.45) is 12.0 Å². The smallest absolute Gasteiger partial charge is 0.416 e. The van der Waals surface area contributed by atoms with Gasteiger partial charge in [-0.15, -0.1) is 0 Å². The lowest BCUT2D eigenvalue weighted by Crippen LogP contribution is -2.35. The van der Waals surface area contributed by atoms with Gasteiger partial charge in [-0.2, -0.15) is 18.2 Å². The third kappa shape index (κ3) is 6.29. The lowest BCUT2D eigenvalue weighted by molar-refractivity contribution is -0.137. The molecule has 0 atom stereocenters. The molecule has 2 aliphatic heterocycles. The first-order valence-electron chi connectivity index (χ1n) is 12.6. The molecule has 3 aromatic rings. The predicted molar refractivity (Wildman–Crippen MR) is 150 cm³/mol. The number of aromatic nitrogens is 3. The van der Waals surface area contributed by atoms with Gasteiger partial charge in [0.25, 0.3) is 0 Å². The van der Waals surface area contributed by atoms with Gasteiger partial charge in [0.1, 0.15) is 22.1 Å². The Kier molecular flexibility index (Phi) is 8.15. The molecule has 11 nitrogen and oxygen atoms in total. The summed E-state index contributed by atoms with van der Waals surface area (Å²) in [6.45, 7) is 2.73. The van der Waals surface area contributed by atoms with Gasteiger partial charge in [0.2, 0.25) is 5.95 Å². The molecule has 2 aromatic heterocycles. The van der Waals surface area contributed by atoms with Crippen LogP contribution in [0.25, 0.3) is 11.2 Å². The first-order chi connectivity index (χ1) is 19.7. The number of imidazole rings is 1. The lowest BCUT2D eigenvalue weighted by Gasteiger charge is -2.27. The second-order valence-corrected chi connectivity index (χ2v) is 9.62. The van der Waals surface area contributed by atoms with E-state index in [4.69, 9.17) is 26.5 Å². The number of fused-ring (bicyclic) bond motifs is 1. The van der Waals surface area contributed by atoms with Gasteiger partial charge >= 0.3 is 6.18 Å².